The summed E-state index contributed by atoms with van der Waals surface area (Å²) >= 11 is 0. The topological polar surface area (TPSA) is 69.3 Å². The summed E-state index contributed by atoms with van der Waals surface area (Å²) in [6, 6.07) is 11.6. The lowest BCUT2D eigenvalue weighted by Crippen LogP contribution is -2.48. The van der Waals surface area contributed by atoms with Gasteiger partial charge in [0.2, 0.25) is 10.0 Å². The van der Waals surface area contributed by atoms with Crippen molar-refractivity contribution < 1.29 is 8.42 Å². The van der Waals surface area contributed by atoms with Gasteiger partial charge in [0.05, 0.1) is 15.9 Å². The van der Waals surface area contributed by atoms with Crippen molar-refractivity contribution in [3.05, 3.63) is 53.3 Å². The predicted molar refractivity (Wildman–Crippen MR) is 108 cm³/mol. The van der Waals surface area contributed by atoms with Crippen molar-refractivity contribution in [1.82, 2.24) is 14.3 Å². The molecule has 7 heteroatoms. The molecule has 1 saturated heterocycles. The molecule has 1 fully saturated rings. The van der Waals surface area contributed by atoms with E-state index in [0.717, 1.165) is 33.7 Å². The summed E-state index contributed by atoms with van der Waals surface area (Å²) in [7, 11) is -3.46. The molecule has 27 heavy (non-hydrogen) atoms. The molecule has 2 aromatic carbocycles. The number of imidazole rings is 1. The Morgan fingerprint density at radius 1 is 0.963 bits per heavy atom. The minimum absolute atomic E-state index is 0.413. The number of fused-ring (bicyclic) bond motifs is 1. The SMILES string of the molecule is Cc1ccc(S(=O)(=O)N2CCN(c3ccc4nc(C)[nH]c4c3)CC2)c(C)c1. The van der Waals surface area contributed by atoms with Gasteiger partial charge in [0.1, 0.15) is 5.82 Å². The lowest BCUT2D eigenvalue weighted by molar-refractivity contribution is 0.384. The lowest BCUT2D eigenvalue weighted by Gasteiger charge is -2.35. The first-order valence-electron chi connectivity index (χ1n) is 9.13. The summed E-state index contributed by atoms with van der Waals surface area (Å²) in [4.78, 5) is 10.3. The number of H-pyrrole nitrogens is 1. The Bertz CT molecular complexity index is 1100. The number of aryl methyl sites for hydroxylation is 3. The Morgan fingerprint density at radius 3 is 2.41 bits per heavy atom. The summed E-state index contributed by atoms with van der Waals surface area (Å²) < 4.78 is 27.7. The monoisotopic (exact) mass is 384 g/mol. The first kappa shape index (κ1) is 18.0. The third kappa shape index (κ3) is 3.33. The fourth-order valence-corrected chi connectivity index (χ4v) is 5.36. The van der Waals surface area contributed by atoms with Gasteiger partial charge in [-0.15, -0.1) is 0 Å². The zero-order chi connectivity index (χ0) is 19.2. The number of rotatable bonds is 3. The zero-order valence-electron chi connectivity index (χ0n) is 15.9. The van der Waals surface area contributed by atoms with E-state index in [2.05, 4.69) is 27.0 Å². The highest BCUT2D eigenvalue weighted by molar-refractivity contribution is 7.89. The summed E-state index contributed by atoms with van der Waals surface area (Å²) in [5.74, 6) is 0.895. The van der Waals surface area contributed by atoms with Crippen LogP contribution in [0.5, 0.6) is 0 Å². The van der Waals surface area contributed by atoms with E-state index in [9.17, 15) is 8.42 Å². The van der Waals surface area contributed by atoms with Crippen LogP contribution >= 0.6 is 0 Å². The third-order valence-corrected chi connectivity index (χ3v) is 7.19. The molecule has 0 bridgehead atoms. The van der Waals surface area contributed by atoms with Crippen molar-refractivity contribution in [2.24, 2.45) is 0 Å². The molecule has 0 atom stereocenters. The Labute approximate surface area is 159 Å². The average Bonchev–Trinajstić information content (AvgIpc) is 3.00. The van der Waals surface area contributed by atoms with Gasteiger partial charge in [0.25, 0.3) is 0 Å². The number of benzene rings is 2. The number of aromatic nitrogens is 2. The number of hydrogen-bond donors (Lipinski definition) is 1. The van der Waals surface area contributed by atoms with Gasteiger partial charge in [0, 0.05) is 31.9 Å². The molecule has 1 aromatic heterocycles. The van der Waals surface area contributed by atoms with Crippen molar-refractivity contribution in [3.63, 3.8) is 0 Å². The number of anilines is 1. The largest absolute Gasteiger partial charge is 0.369 e. The van der Waals surface area contributed by atoms with Gasteiger partial charge in [-0.05, 0) is 50.6 Å². The van der Waals surface area contributed by atoms with Crippen LogP contribution in [0.4, 0.5) is 5.69 Å². The zero-order valence-corrected chi connectivity index (χ0v) is 16.7. The molecule has 0 spiro atoms. The first-order valence-corrected chi connectivity index (χ1v) is 10.6. The van der Waals surface area contributed by atoms with E-state index in [1.165, 1.54) is 0 Å². The van der Waals surface area contributed by atoms with Gasteiger partial charge in [-0.25, -0.2) is 13.4 Å². The molecule has 142 valence electrons. The highest BCUT2D eigenvalue weighted by Gasteiger charge is 2.29. The van der Waals surface area contributed by atoms with E-state index in [4.69, 9.17) is 0 Å². The van der Waals surface area contributed by atoms with Gasteiger partial charge in [-0.2, -0.15) is 4.31 Å². The number of nitrogens with one attached hydrogen (secondary N) is 1. The minimum Gasteiger partial charge on any atom is -0.369 e. The van der Waals surface area contributed by atoms with Crippen molar-refractivity contribution >= 4 is 26.7 Å². The van der Waals surface area contributed by atoms with Crippen LogP contribution in [0.3, 0.4) is 0 Å². The Morgan fingerprint density at radius 2 is 1.70 bits per heavy atom. The standard InChI is InChI=1S/C20H24N4O2S/c1-14-4-7-20(15(2)12-14)27(25,26)24-10-8-23(9-11-24)17-5-6-18-19(13-17)22-16(3)21-18/h4-7,12-13H,8-11H2,1-3H3,(H,21,22). The van der Waals surface area contributed by atoms with Crippen molar-refractivity contribution in [1.29, 1.82) is 0 Å². The molecule has 0 radical (unpaired) electrons. The maximum Gasteiger partial charge on any atom is 0.243 e. The molecule has 0 aliphatic carbocycles. The molecule has 1 aliphatic heterocycles. The van der Waals surface area contributed by atoms with Crippen LogP contribution in [-0.4, -0.2) is 48.9 Å². The van der Waals surface area contributed by atoms with Crippen LogP contribution in [0.15, 0.2) is 41.3 Å². The van der Waals surface area contributed by atoms with Gasteiger partial charge in [-0.3, -0.25) is 0 Å². The fourth-order valence-electron chi connectivity index (χ4n) is 3.74. The van der Waals surface area contributed by atoms with Crippen molar-refractivity contribution in [3.8, 4) is 0 Å². The van der Waals surface area contributed by atoms with E-state index in [1.807, 2.05) is 39.0 Å². The van der Waals surface area contributed by atoms with Crippen LogP contribution in [0.2, 0.25) is 0 Å². The molecule has 2 heterocycles. The van der Waals surface area contributed by atoms with Crippen LogP contribution in [0.1, 0.15) is 17.0 Å². The summed E-state index contributed by atoms with van der Waals surface area (Å²) in [6.07, 6.45) is 0. The van der Waals surface area contributed by atoms with Gasteiger partial charge in [-0.1, -0.05) is 17.7 Å². The van der Waals surface area contributed by atoms with E-state index in [0.29, 0.717) is 31.1 Å². The van der Waals surface area contributed by atoms with Crippen LogP contribution < -0.4 is 4.90 Å². The van der Waals surface area contributed by atoms with E-state index in [-0.39, 0.29) is 0 Å². The molecule has 3 aromatic rings. The minimum atomic E-state index is -3.46. The maximum atomic E-state index is 13.0. The Hall–Kier alpha value is -2.38. The molecule has 0 saturated carbocycles. The number of aromatic amines is 1. The highest BCUT2D eigenvalue weighted by atomic mass is 32.2. The molecular formula is C20H24N4O2S. The number of nitrogens with zero attached hydrogens (tertiary/aromatic N) is 3. The third-order valence-electron chi connectivity index (χ3n) is 5.14. The molecule has 0 unspecified atom stereocenters. The van der Waals surface area contributed by atoms with Crippen LogP contribution in [0.25, 0.3) is 11.0 Å². The molecular weight excluding hydrogens is 360 g/mol. The smallest absolute Gasteiger partial charge is 0.243 e. The maximum absolute atomic E-state index is 13.0. The number of piperazine rings is 1. The first-order chi connectivity index (χ1) is 12.8. The second kappa shape index (κ2) is 6.65. The fraction of sp³-hybridized carbons (Fsp3) is 0.350. The second-order valence-electron chi connectivity index (χ2n) is 7.18. The normalized spacial score (nSPS) is 16.2. The Kier molecular flexibility index (Phi) is 4.44. The van der Waals surface area contributed by atoms with E-state index >= 15 is 0 Å². The lowest BCUT2D eigenvalue weighted by atomic mass is 10.2. The molecule has 6 nitrogen and oxygen atoms in total. The predicted octanol–water partition coefficient (Wildman–Crippen LogP) is 3.00. The quantitative estimate of drug-likeness (QED) is 0.754. The number of sulfonamides is 1. The summed E-state index contributed by atoms with van der Waals surface area (Å²) in [5.41, 5.74) is 4.93. The van der Waals surface area contributed by atoms with Crippen LogP contribution in [0, 0.1) is 20.8 Å². The average molecular weight is 385 g/mol. The van der Waals surface area contributed by atoms with E-state index in [1.54, 1.807) is 10.4 Å². The van der Waals surface area contributed by atoms with Crippen LogP contribution in [-0.2, 0) is 10.0 Å². The Balaban J connectivity index is 1.52. The number of hydrogen-bond acceptors (Lipinski definition) is 4. The summed E-state index contributed by atoms with van der Waals surface area (Å²) in [5, 5.41) is 0. The second-order valence-corrected chi connectivity index (χ2v) is 9.09. The molecule has 0 amide bonds. The molecule has 4 rings (SSSR count). The van der Waals surface area contributed by atoms with Crippen molar-refractivity contribution in [2.75, 3.05) is 31.1 Å². The van der Waals surface area contributed by atoms with E-state index < -0.39 is 10.0 Å². The molecule has 1 N–H and O–H groups in total. The van der Waals surface area contributed by atoms with Gasteiger partial charge in [0.15, 0.2) is 0 Å². The van der Waals surface area contributed by atoms with Gasteiger partial charge < -0.3 is 9.88 Å². The van der Waals surface area contributed by atoms with Gasteiger partial charge >= 0.3 is 0 Å². The summed E-state index contributed by atoms with van der Waals surface area (Å²) in [6.45, 7) is 8.07. The highest BCUT2D eigenvalue weighted by Crippen LogP contribution is 2.25. The molecule has 1 aliphatic rings. The van der Waals surface area contributed by atoms with Crippen molar-refractivity contribution in [2.45, 2.75) is 25.7 Å².